The largest absolute Gasteiger partial charge is 0.519 e. The van der Waals surface area contributed by atoms with Gasteiger partial charge in [-0.3, -0.25) is 4.79 Å². The minimum absolute atomic E-state index is 0.107. The first-order chi connectivity index (χ1) is 16.8. The minimum atomic E-state index is -1.06. The van der Waals surface area contributed by atoms with E-state index in [1.54, 1.807) is 48.5 Å². The van der Waals surface area contributed by atoms with Crippen LogP contribution in [-0.2, 0) is 23.7 Å². The number of rotatable bonds is 8. The number of unbranched alkanes of at least 4 members (excludes halogenated alkanes) is 3. The zero-order chi connectivity index (χ0) is 30.1. The molecule has 0 bridgehead atoms. The molecule has 0 amide bonds. The second kappa shape index (κ2) is 23.5. The fourth-order valence-electron chi connectivity index (χ4n) is 1.88. The van der Waals surface area contributed by atoms with E-state index in [2.05, 4.69) is 4.74 Å². The molecule has 0 atom stereocenters. The molecule has 10 nitrogen and oxygen atoms in total. The summed E-state index contributed by atoms with van der Waals surface area (Å²) < 4.78 is 25.2. The lowest BCUT2D eigenvalue weighted by Crippen LogP contribution is -2.29. The summed E-state index contributed by atoms with van der Waals surface area (Å²) in [6.07, 6.45) is 3.41. The van der Waals surface area contributed by atoms with Crippen LogP contribution in [0.1, 0.15) is 116 Å². The monoisotopic (exact) mass is 524 g/mol. The standard InChI is InChI=1S/C10H21NO2.C10H18O5.C4H12N2.C2H6/c1-10(2,3)13-9(12)7-5-4-6-8-11;1-9(2,3)14-7(11)13-8(12)15-10(4,5)6;5-3-1-2-4-6;1-2/h4-8,11H2,1-3H3;1-6H3;1-6H2;1-2H3/i;;;1D. The van der Waals surface area contributed by atoms with Crippen molar-refractivity contribution >= 4 is 18.3 Å². The van der Waals surface area contributed by atoms with Crippen molar-refractivity contribution in [3.63, 3.8) is 0 Å². The molecule has 36 heavy (non-hydrogen) atoms. The minimum Gasteiger partial charge on any atom is -0.460 e. The van der Waals surface area contributed by atoms with Gasteiger partial charge in [0.25, 0.3) is 0 Å². The normalized spacial score (nSPS) is 11.1. The van der Waals surface area contributed by atoms with Gasteiger partial charge in [-0.2, -0.15) is 0 Å². The Balaban J connectivity index is -0.000000224. The van der Waals surface area contributed by atoms with Gasteiger partial charge in [-0.1, -0.05) is 20.2 Å². The highest BCUT2D eigenvalue weighted by molar-refractivity contribution is 5.77. The zero-order valence-electron chi connectivity index (χ0n) is 25.7. The summed E-state index contributed by atoms with van der Waals surface area (Å²) in [7, 11) is 0. The highest BCUT2D eigenvalue weighted by Gasteiger charge is 2.24. The van der Waals surface area contributed by atoms with E-state index in [4.69, 9.17) is 32.8 Å². The number of carbonyl (C=O) groups is 3. The van der Waals surface area contributed by atoms with Crippen molar-refractivity contribution < 1.29 is 34.7 Å². The number of hydrogen-bond donors (Lipinski definition) is 3. The maximum atomic E-state index is 11.2. The molecule has 10 heteroatoms. The maximum absolute atomic E-state index is 11.2. The maximum Gasteiger partial charge on any atom is 0.519 e. The molecule has 0 saturated heterocycles. The summed E-state index contributed by atoms with van der Waals surface area (Å²) in [5.41, 5.74) is 13.9. The van der Waals surface area contributed by atoms with Crippen molar-refractivity contribution in [2.45, 2.75) is 131 Å². The number of carbonyl (C=O) groups excluding carboxylic acids is 3. The van der Waals surface area contributed by atoms with Crippen LogP contribution >= 0.6 is 0 Å². The summed E-state index contributed by atoms with van der Waals surface area (Å²) in [6, 6.07) is 0. The molecule has 0 aromatic heterocycles. The van der Waals surface area contributed by atoms with Crippen LogP contribution in [0.5, 0.6) is 0 Å². The van der Waals surface area contributed by atoms with Crippen molar-refractivity contribution in [3.8, 4) is 0 Å². The highest BCUT2D eigenvalue weighted by atomic mass is 16.8. The lowest BCUT2D eigenvalue weighted by atomic mass is 10.1. The molecule has 0 aliphatic heterocycles. The summed E-state index contributed by atoms with van der Waals surface area (Å²) in [4.78, 5) is 33.2. The Morgan fingerprint density at radius 3 is 1.19 bits per heavy atom. The quantitative estimate of drug-likeness (QED) is 0.161. The highest BCUT2D eigenvalue weighted by Crippen LogP contribution is 2.12. The van der Waals surface area contributed by atoms with Crippen molar-refractivity contribution in [3.05, 3.63) is 0 Å². The number of ether oxygens (including phenoxy) is 4. The predicted molar refractivity (Wildman–Crippen MR) is 146 cm³/mol. The Hall–Kier alpha value is -1.91. The summed E-state index contributed by atoms with van der Waals surface area (Å²) >= 11 is 0. The van der Waals surface area contributed by atoms with Crippen molar-refractivity contribution in [1.82, 2.24) is 0 Å². The van der Waals surface area contributed by atoms with E-state index in [1.807, 2.05) is 20.8 Å². The van der Waals surface area contributed by atoms with Gasteiger partial charge in [0.15, 0.2) is 0 Å². The average Bonchev–Trinajstić information content (AvgIpc) is 2.67. The Kier molecular flexibility index (Phi) is 25.2. The Bertz CT molecular complexity index is 540. The molecule has 218 valence electrons. The van der Waals surface area contributed by atoms with Crippen molar-refractivity contribution in [2.24, 2.45) is 17.2 Å². The number of nitrogens with two attached hydrogens (primary N) is 3. The van der Waals surface area contributed by atoms with Crippen LogP contribution in [-0.4, -0.2) is 54.7 Å². The van der Waals surface area contributed by atoms with Gasteiger partial charge in [0.1, 0.15) is 16.8 Å². The summed E-state index contributed by atoms with van der Waals surface area (Å²) in [5.74, 6) is -0.107. The predicted octanol–water partition coefficient (Wildman–Crippen LogP) is 5.43. The van der Waals surface area contributed by atoms with Gasteiger partial charge in [-0.15, -0.1) is 0 Å². The zero-order valence-corrected chi connectivity index (χ0v) is 24.7. The molecule has 0 spiro atoms. The Labute approximate surface area is 221 Å². The fourth-order valence-corrected chi connectivity index (χ4v) is 1.88. The molecule has 0 saturated carbocycles. The third-order valence-corrected chi connectivity index (χ3v) is 3.11. The molecular formula is C26H57N3O7. The van der Waals surface area contributed by atoms with Crippen LogP contribution in [0.2, 0.25) is 0 Å². The smallest absolute Gasteiger partial charge is 0.460 e. The van der Waals surface area contributed by atoms with Crippen LogP contribution in [0.25, 0.3) is 0 Å². The first-order valence-corrected chi connectivity index (χ1v) is 12.5. The van der Waals surface area contributed by atoms with E-state index in [0.29, 0.717) is 19.9 Å². The van der Waals surface area contributed by atoms with E-state index < -0.39 is 23.5 Å². The molecule has 0 aromatic rings. The van der Waals surface area contributed by atoms with Gasteiger partial charge in [0, 0.05) is 7.79 Å². The van der Waals surface area contributed by atoms with Gasteiger partial charge in [-0.05, 0) is 108 Å². The third kappa shape index (κ3) is 45.6. The van der Waals surface area contributed by atoms with Gasteiger partial charge in [0.05, 0.1) is 0 Å². The van der Waals surface area contributed by atoms with Crippen LogP contribution in [0.15, 0.2) is 0 Å². The molecule has 0 aromatic carbocycles. The molecule has 0 aliphatic rings. The van der Waals surface area contributed by atoms with Crippen LogP contribution < -0.4 is 17.2 Å². The number of hydrogen-bond acceptors (Lipinski definition) is 10. The van der Waals surface area contributed by atoms with Crippen LogP contribution in [0.3, 0.4) is 0 Å². The lowest BCUT2D eigenvalue weighted by Gasteiger charge is -2.20. The molecule has 0 heterocycles. The number of esters is 1. The molecule has 0 radical (unpaired) electrons. The third-order valence-electron chi connectivity index (χ3n) is 3.11. The van der Waals surface area contributed by atoms with Gasteiger partial charge < -0.3 is 36.1 Å². The molecule has 0 rings (SSSR count). The first kappa shape index (κ1) is 38.6. The van der Waals surface area contributed by atoms with Crippen molar-refractivity contribution in [2.75, 3.05) is 19.6 Å². The van der Waals surface area contributed by atoms with E-state index >= 15 is 0 Å². The van der Waals surface area contributed by atoms with Gasteiger partial charge >= 0.3 is 18.3 Å². The second-order valence-electron chi connectivity index (χ2n) is 10.5. The van der Waals surface area contributed by atoms with Crippen molar-refractivity contribution in [1.29, 1.82) is 0 Å². The lowest BCUT2D eigenvalue weighted by molar-refractivity contribution is -0.154. The van der Waals surface area contributed by atoms with Crippen LogP contribution in [0, 0.1) is 0 Å². The SMILES string of the molecule is CC(C)(C)OC(=O)CCCCCN.CC(C)(C)OC(=O)OC(=O)OC(C)(C)C.NCCCCN.[2H]CC. The summed E-state index contributed by atoms with van der Waals surface area (Å²) in [5, 5.41) is 0. The Morgan fingerprint density at radius 2 is 0.917 bits per heavy atom. The van der Waals surface area contributed by atoms with E-state index in [-0.39, 0.29) is 11.6 Å². The van der Waals surface area contributed by atoms with Gasteiger partial charge in [0.2, 0.25) is 0 Å². The molecule has 0 unspecified atom stereocenters. The van der Waals surface area contributed by atoms with Crippen LogP contribution in [0.4, 0.5) is 9.59 Å². The van der Waals surface area contributed by atoms with E-state index in [1.165, 1.54) is 0 Å². The first-order valence-electron chi connectivity index (χ1n) is 13.2. The average molecular weight is 525 g/mol. The summed E-state index contributed by atoms with van der Waals surface area (Å²) in [6.45, 7) is 20.2. The van der Waals surface area contributed by atoms with Gasteiger partial charge in [-0.25, -0.2) is 9.59 Å². The van der Waals surface area contributed by atoms with E-state index in [9.17, 15) is 14.4 Å². The second-order valence-corrected chi connectivity index (χ2v) is 10.5. The molecule has 0 aliphatic carbocycles. The van der Waals surface area contributed by atoms with E-state index in [0.717, 1.165) is 45.2 Å². The topological polar surface area (TPSA) is 166 Å². The molecular weight excluding hydrogens is 466 g/mol. The molecule has 6 N–H and O–H groups in total. The molecule has 0 fully saturated rings. The fraction of sp³-hybridized carbons (Fsp3) is 0.885. The Morgan fingerprint density at radius 1 is 0.611 bits per heavy atom.